The lowest BCUT2D eigenvalue weighted by molar-refractivity contribution is 0.431. The Hall–Kier alpha value is -0.0800. The Morgan fingerprint density at radius 1 is 1.38 bits per heavy atom. The van der Waals surface area contributed by atoms with Gasteiger partial charge in [-0.2, -0.15) is 0 Å². The van der Waals surface area contributed by atoms with Gasteiger partial charge in [0.05, 0.1) is 0 Å². The zero-order valence-electron chi connectivity index (χ0n) is 5.91. The Morgan fingerprint density at radius 3 is 2.00 bits per heavy atom. The van der Waals surface area contributed by atoms with Crippen LogP contribution in [0.5, 0.6) is 0 Å². The molecule has 0 aromatic rings. The van der Waals surface area contributed by atoms with E-state index in [1.54, 1.807) is 0 Å². The Labute approximate surface area is 51.5 Å². The molecule has 0 saturated carbocycles. The topological polar surface area (TPSA) is 35.8 Å². The van der Waals surface area contributed by atoms with E-state index in [9.17, 15) is 0 Å². The quantitative estimate of drug-likeness (QED) is 0.563. The summed E-state index contributed by atoms with van der Waals surface area (Å²) in [4.78, 5) is 0. The molecule has 0 atom stereocenters. The summed E-state index contributed by atoms with van der Waals surface area (Å²) in [6, 6.07) is 0. The molecule has 0 aliphatic heterocycles. The molecule has 1 radical (unpaired) electrons. The molecule has 0 fully saturated rings. The van der Waals surface area contributed by atoms with Crippen molar-refractivity contribution >= 4 is 0 Å². The molecular weight excluding hydrogens is 100 g/mol. The molecule has 0 unspecified atom stereocenters. The lowest BCUT2D eigenvalue weighted by Gasteiger charge is -2.19. The first-order valence-electron chi connectivity index (χ1n) is 2.96. The fraction of sp³-hybridized carbons (Fsp3) is 1.00. The molecular formula is C6H15N2. The lowest BCUT2D eigenvalue weighted by atomic mass is 10.1. The van der Waals surface area contributed by atoms with E-state index in [2.05, 4.69) is 26.1 Å². The Balaban J connectivity index is 3.11. The van der Waals surface area contributed by atoms with E-state index in [0.717, 1.165) is 6.54 Å². The summed E-state index contributed by atoms with van der Waals surface area (Å²) >= 11 is 0. The summed E-state index contributed by atoms with van der Waals surface area (Å²) < 4.78 is 0. The minimum absolute atomic E-state index is 0.182. The maximum atomic E-state index is 6.82. The third-order valence-corrected chi connectivity index (χ3v) is 0.780. The van der Waals surface area contributed by atoms with E-state index in [1.807, 2.05) is 0 Å². The Morgan fingerprint density at radius 2 is 1.88 bits per heavy atom. The van der Waals surface area contributed by atoms with Crippen LogP contribution in [0.2, 0.25) is 0 Å². The highest BCUT2D eigenvalue weighted by molar-refractivity contribution is 4.69. The zero-order valence-corrected chi connectivity index (χ0v) is 5.91. The predicted molar refractivity (Wildman–Crippen MR) is 35.7 cm³/mol. The molecule has 0 aliphatic rings. The van der Waals surface area contributed by atoms with Crippen molar-refractivity contribution in [3.05, 3.63) is 0 Å². The number of rotatable bonds is 2. The van der Waals surface area contributed by atoms with Gasteiger partial charge in [-0.1, -0.05) is 0 Å². The average Bonchev–Trinajstić information content (AvgIpc) is 1.59. The second-order valence-corrected chi connectivity index (χ2v) is 2.93. The molecule has 8 heavy (non-hydrogen) atoms. The second kappa shape index (κ2) is 3.05. The van der Waals surface area contributed by atoms with Crippen LogP contribution in [-0.2, 0) is 0 Å². The largest absolute Gasteiger partial charge is 0.311 e. The fourth-order valence-electron chi connectivity index (χ4n) is 0.437. The first-order chi connectivity index (χ1) is 3.56. The van der Waals surface area contributed by atoms with Crippen LogP contribution in [0.1, 0.15) is 20.8 Å². The highest BCUT2D eigenvalue weighted by Crippen LogP contribution is 1.95. The Bertz CT molecular complexity index is 54.0. The van der Waals surface area contributed by atoms with E-state index < -0.39 is 0 Å². The van der Waals surface area contributed by atoms with Crippen LogP contribution in [0.4, 0.5) is 0 Å². The number of nitrogens with one attached hydrogen (secondary N) is 2. The average molecular weight is 115 g/mol. The smallest absolute Gasteiger partial charge is 0.0225 e. The van der Waals surface area contributed by atoms with Crippen molar-refractivity contribution in [2.24, 2.45) is 0 Å². The molecule has 0 saturated heterocycles. The van der Waals surface area contributed by atoms with Gasteiger partial charge in [0.15, 0.2) is 0 Å². The molecule has 2 N–H and O–H groups in total. The van der Waals surface area contributed by atoms with Crippen LogP contribution in [0.15, 0.2) is 0 Å². The highest BCUT2D eigenvalue weighted by atomic mass is 14.9. The van der Waals surface area contributed by atoms with Crippen LogP contribution in [-0.4, -0.2) is 18.6 Å². The van der Waals surface area contributed by atoms with Gasteiger partial charge >= 0.3 is 0 Å². The molecule has 2 nitrogen and oxygen atoms in total. The normalized spacial score (nSPS) is 12.0. The van der Waals surface area contributed by atoms with Crippen molar-refractivity contribution < 1.29 is 0 Å². The van der Waals surface area contributed by atoms with Gasteiger partial charge in [0.1, 0.15) is 0 Å². The zero-order chi connectivity index (χ0) is 6.62. The molecule has 2 heteroatoms. The van der Waals surface area contributed by atoms with E-state index in [0.29, 0.717) is 6.54 Å². The summed E-state index contributed by atoms with van der Waals surface area (Å²) in [5, 5.41) is 3.18. The maximum absolute atomic E-state index is 6.82. The van der Waals surface area contributed by atoms with E-state index in [4.69, 9.17) is 5.73 Å². The van der Waals surface area contributed by atoms with Crippen molar-refractivity contribution in [3.8, 4) is 0 Å². The van der Waals surface area contributed by atoms with Gasteiger partial charge < -0.3 is 5.32 Å². The van der Waals surface area contributed by atoms with Crippen LogP contribution in [0, 0.1) is 0 Å². The van der Waals surface area contributed by atoms with Gasteiger partial charge in [0.2, 0.25) is 0 Å². The minimum Gasteiger partial charge on any atom is -0.311 e. The highest BCUT2D eigenvalue weighted by Gasteiger charge is 2.05. The fourth-order valence-corrected chi connectivity index (χ4v) is 0.437. The van der Waals surface area contributed by atoms with E-state index in [1.165, 1.54) is 0 Å². The van der Waals surface area contributed by atoms with Gasteiger partial charge in [-0.3, -0.25) is 5.73 Å². The van der Waals surface area contributed by atoms with Crippen LogP contribution >= 0.6 is 0 Å². The van der Waals surface area contributed by atoms with Crippen LogP contribution in [0.25, 0.3) is 0 Å². The standard InChI is InChI=1S/C6H15N2/c1-6(2,3)8-5-4-7/h7-8H,4-5H2,1-3H3. The molecule has 0 amide bonds. The second-order valence-electron chi connectivity index (χ2n) is 2.93. The van der Waals surface area contributed by atoms with E-state index >= 15 is 0 Å². The predicted octanol–water partition coefficient (Wildman–Crippen LogP) is 0.657. The van der Waals surface area contributed by atoms with E-state index in [-0.39, 0.29) is 5.54 Å². The third kappa shape index (κ3) is 5.92. The van der Waals surface area contributed by atoms with Gasteiger partial charge in [-0.05, 0) is 20.8 Å². The summed E-state index contributed by atoms with van der Waals surface area (Å²) in [6.45, 7) is 7.56. The summed E-state index contributed by atoms with van der Waals surface area (Å²) in [5.41, 5.74) is 7.00. The van der Waals surface area contributed by atoms with Gasteiger partial charge in [-0.15, -0.1) is 0 Å². The first-order valence-corrected chi connectivity index (χ1v) is 2.96. The minimum atomic E-state index is 0.182. The van der Waals surface area contributed by atoms with Crippen molar-refractivity contribution in [2.75, 3.05) is 13.1 Å². The Kier molecular flexibility index (Phi) is 3.02. The molecule has 49 valence electrons. The number of hydrogen-bond donors (Lipinski definition) is 1. The lowest BCUT2D eigenvalue weighted by Crippen LogP contribution is -2.37. The van der Waals surface area contributed by atoms with Crippen molar-refractivity contribution in [3.63, 3.8) is 0 Å². The van der Waals surface area contributed by atoms with Gasteiger partial charge in [0, 0.05) is 18.6 Å². The molecule has 0 heterocycles. The van der Waals surface area contributed by atoms with Gasteiger partial charge in [0.25, 0.3) is 0 Å². The maximum Gasteiger partial charge on any atom is 0.0225 e. The molecule has 0 aromatic carbocycles. The number of hydrogen-bond acceptors (Lipinski definition) is 1. The van der Waals surface area contributed by atoms with Crippen molar-refractivity contribution in [1.82, 2.24) is 11.1 Å². The monoisotopic (exact) mass is 115 g/mol. The summed E-state index contributed by atoms with van der Waals surface area (Å²) in [5.74, 6) is 0. The van der Waals surface area contributed by atoms with Crippen molar-refractivity contribution in [2.45, 2.75) is 26.3 Å². The van der Waals surface area contributed by atoms with Crippen molar-refractivity contribution in [1.29, 1.82) is 0 Å². The summed E-state index contributed by atoms with van der Waals surface area (Å²) in [7, 11) is 0. The van der Waals surface area contributed by atoms with Gasteiger partial charge in [-0.25, -0.2) is 0 Å². The first kappa shape index (κ1) is 7.92. The van der Waals surface area contributed by atoms with Crippen LogP contribution in [0.3, 0.4) is 0 Å². The SMILES string of the molecule is CC(C)(C)NCC[NH]. The molecule has 0 spiro atoms. The molecule has 0 rings (SSSR count). The summed E-state index contributed by atoms with van der Waals surface area (Å²) in [6.07, 6.45) is 0. The third-order valence-electron chi connectivity index (χ3n) is 0.780. The molecule has 0 bridgehead atoms. The molecule has 0 aliphatic carbocycles. The van der Waals surface area contributed by atoms with Crippen LogP contribution < -0.4 is 11.1 Å². The molecule has 0 aromatic heterocycles.